The van der Waals surface area contributed by atoms with E-state index in [0.29, 0.717) is 24.2 Å². The number of alkyl halides is 3. The number of benzene rings is 2. The monoisotopic (exact) mass is 365 g/mol. The van der Waals surface area contributed by atoms with Crippen LogP contribution >= 0.6 is 0 Å². The highest BCUT2D eigenvalue weighted by molar-refractivity contribution is 5.94. The SMILES string of the molecule is CCC[C@@H](NC(=O)c1cccc(COC)c1)c1cccc(C(F)(F)F)c1. The van der Waals surface area contributed by atoms with Crippen molar-refractivity contribution in [3.05, 3.63) is 70.8 Å². The summed E-state index contributed by atoms with van der Waals surface area (Å²) in [6.45, 7) is 2.30. The van der Waals surface area contributed by atoms with Gasteiger partial charge < -0.3 is 10.1 Å². The second-order valence-corrected chi connectivity index (χ2v) is 6.07. The number of halogens is 3. The average molecular weight is 365 g/mol. The highest BCUT2D eigenvalue weighted by Crippen LogP contribution is 2.31. The van der Waals surface area contributed by atoms with Crippen LogP contribution < -0.4 is 5.32 Å². The average Bonchev–Trinajstić information content (AvgIpc) is 2.61. The molecule has 0 unspecified atom stereocenters. The number of amides is 1. The standard InChI is InChI=1S/C20H22F3NO2/c1-3-6-18(15-8-5-10-17(12-15)20(21,22)23)24-19(25)16-9-4-7-14(11-16)13-26-2/h4-5,7-12,18H,3,6,13H2,1-2H3,(H,24,25)/t18-/m1/s1. The number of carbonyl (C=O) groups is 1. The van der Waals surface area contributed by atoms with Crippen molar-refractivity contribution < 1.29 is 22.7 Å². The molecule has 0 aliphatic carbocycles. The Morgan fingerprint density at radius 1 is 1.15 bits per heavy atom. The molecule has 0 saturated carbocycles. The molecule has 0 heterocycles. The summed E-state index contributed by atoms with van der Waals surface area (Å²) in [4.78, 5) is 12.6. The fraction of sp³-hybridized carbons (Fsp3) is 0.350. The fourth-order valence-electron chi connectivity index (χ4n) is 2.75. The van der Waals surface area contributed by atoms with Gasteiger partial charge in [0, 0.05) is 12.7 Å². The lowest BCUT2D eigenvalue weighted by molar-refractivity contribution is -0.137. The number of carbonyl (C=O) groups excluding carboxylic acids is 1. The molecule has 1 N–H and O–H groups in total. The van der Waals surface area contributed by atoms with Gasteiger partial charge in [-0.1, -0.05) is 37.6 Å². The molecule has 140 valence electrons. The number of hydrogen-bond donors (Lipinski definition) is 1. The summed E-state index contributed by atoms with van der Waals surface area (Å²) < 4.78 is 43.9. The first-order valence-corrected chi connectivity index (χ1v) is 8.41. The van der Waals surface area contributed by atoms with E-state index in [1.54, 1.807) is 31.4 Å². The predicted molar refractivity (Wildman–Crippen MR) is 93.7 cm³/mol. The van der Waals surface area contributed by atoms with Gasteiger partial charge in [-0.15, -0.1) is 0 Å². The summed E-state index contributed by atoms with van der Waals surface area (Å²) in [5.41, 5.74) is 1.04. The Kier molecular flexibility index (Phi) is 6.80. The molecule has 2 rings (SSSR count). The zero-order valence-corrected chi connectivity index (χ0v) is 14.8. The van der Waals surface area contributed by atoms with Crippen molar-refractivity contribution in [2.24, 2.45) is 0 Å². The maximum Gasteiger partial charge on any atom is 0.416 e. The van der Waals surface area contributed by atoms with Gasteiger partial charge in [0.2, 0.25) is 0 Å². The minimum absolute atomic E-state index is 0.321. The van der Waals surface area contributed by atoms with Crippen LogP contribution in [0.4, 0.5) is 13.2 Å². The van der Waals surface area contributed by atoms with E-state index in [9.17, 15) is 18.0 Å². The lowest BCUT2D eigenvalue weighted by atomic mass is 9.99. The van der Waals surface area contributed by atoms with Gasteiger partial charge in [0.25, 0.3) is 5.91 Å². The molecule has 0 aliphatic rings. The number of ether oxygens (including phenoxy) is 1. The Labute approximate surface area is 151 Å². The van der Waals surface area contributed by atoms with Crippen molar-refractivity contribution in [1.82, 2.24) is 5.32 Å². The van der Waals surface area contributed by atoms with Crippen LogP contribution in [0, 0.1) is 0 Å². The molecular weight excluding hydrogens is 343 g/mol. The first kappa shape index (κ1) is 20.0. The molecule has 6 heteroatoms. The van der Waals surface area contributed by atoms with Crippen molar-refractivity contribution >= 4 is 5.91 Å². The van der Waals surface area contributed by atoms with E-state index in [1.165, 1.54) is 6.07 Å². The Bertz CT molecular complexity index is 744. The number of rotatable bonds is 7. The summed E-state index contributed by atoms with van der Waals surface area (Å²) in [6, 6.07) is 11.6. The minimum Gasteiger partial charge on any atom is -0.380 e. The Morgan fingerprint density at radius 3 is 2.54 bits per heavy atom. The molecule has 0 aliphatic heterocycles. The van der Waals surface area contributed by atoms with Gasteiger partial charge in [0.1, 0.15) is 0 Å². The Morgan fingerprint density at radius 2 is 1.88 bits per heavy atom. The molecule has 0 fully saturated rings. The highest BCUT2D eigenvalue weighted by atomic mass is 19.4. The van der Waals surface area contributed by atoms with E-state index in [0.717, 1.165) is 24.1 Å². The summed E-state index contributed by atoms with van der Waals surface area (Å²) >= 11 is 0. The summed E-state index contributed by atoms with van der Waals surface area (Å²) in [7, 11) is 1.57. The normalized spacial score (nSPS) is 12.7. The van der Waals surface area contributed by atoms with Gasteiger partial charge in [0.05, 0.1) is 18.2 Å². The molecule has 1 amide bonds. The number of hydrogen-bond acceptors (Lipinski definition) is 2. The molecule has 1 atom stereocenters. The maximum atomic E-state index is 13.0. The Hall–Kier alpha value is -2.34. The van der Waals surface area contributed by atoms with Crippen LogP contribution in [0.15, 0.2) is 48.5 Å². The zero-order chi connectivity index (χ0) is 19.2. The van der Waals surface area contributed by atoms with Crippen molar-refractivity contribution in [3.63, 3.8) is 0 Å². The molecule has 2 aromatic carbocycles. The molecule has 2 aromatic rings. The van der Waals surface area contributed by atoms with E-state index < -0.39 is 17.8 Å². The Balaban J connectivity index is 2.23. The van der Waals surface area contributed by atoms with E-state index in [4.69, 9.17) is 4.74 Å². The van der Waals surface area contributed by atoms with Crippen molar-refractivity contribution in [2.45, 2.75) is 38.6 Å². The summed E-state index contributed by atoms with van der Waals surface area (Å²) in [5.74, 6) is -0.321. The summed E-state index contributed by atoms with van der Waals surface area (Å²) in [6.07, 6.45) is -3.14. The second-order valence-electron chi connectivity index (χ2n) is 6.07. The quantitative estimate of drug-likeness (QED) is 0.739. The smallest absolute Gasteiger partial charge is 0.380 e. The van der Waals surface area contributed by atoms with Crippen molar-refractivity contribution in [3.8, 4) is 0 Å². The molecule has 0 radical (unpaired) electrons. The molecule has 0 aromatic heterocycles. The maximum absolute atomic E-state index is 13.0. The minimum atomic E-state index is -4.41. The predicted octanol–water partition coefficient (Wildman–Crippen LogP) is 5.12. The number of nitrogens with one attached hydrogen (secondary N) is 1. The van der Waals surface area contributed by atoms with Crippen LogP contribution in [-0.2, 0) is 17.5 Å². The largest absolute Gasteiger partial charge is 0.416 e. The van der Waals surface area contributed by atoms with Gasteiger partial charge >= 0.3 is 6.18 Å². The molecule has 3 nitrogen and oxygen atoms in total. The first-order chi connectivity index (χ1) is 12.3. The van der Waals surface area contributed by atoms with Crippen molar-refractivity contribution in [2.75, 3.05) is 7.11 Å². The zero-order valence-electron chi connectivity index (χ0n) is 14.8. The van der Waals surface area contributed by atoms with Crippen LogP contribution in [0.2, 0.25) is 0 Å². The van der Waals surface area contributed by atoms with Crippen LogP contribution in [0.3, 0.4) is 0 Å². The van der Waals surface area contributed by atoms with Crippen LogP contribution in [-0.4, -0.2) is 13.0 Å². The molecule has 0 spiro atoms. The van der Waals surface area contributed by atoms with Gasteiger partial charge in [-0.3, -0.25) is 4.79 Å². The first-order valence-electron chi connectivity index (χ1n) is 8.41. The van der Waals surface area contributed by atoms with Crippen LogP contribution in [0.5, 0.6) is 0 Å². The van der Waals surface area contributed by atoms with Crippen LogP contribution in [0.1, 0.15) is 52.9 Å². The lowest BCUT2D eigenvalue weighted by Crippen LogP contribution is -2.28. The highest BCUT2D eigenvalue weighted by Gasteiger charge is 2.31. The number of methoxy groups -OCH3 is 1. The van der Waals surface area contributed by atoms with E-state index in [2.05, 4.69) is 5.32 Å². The van der Waals surface area contributed by atoms with Gasteiger partial charge in [0.15, 0.2) is 0 Å². The third-order valence-electron chi connectivity index (χ3n) is 4.00. The van der Waals surface area contributed by atoms with E-state index in [-0.39, 0.29) is 5.91 Å². The van der Waals surface area contributed by atoms with Gasteiger partial charge in [-0.25, -0.2) is 0 Å². The van der Waals surface area contributed by atoms with Crippen molar-refractivity contribution in [1.29, 1.82) is 0 Å². The third-order valence-corrected chi connectivity index (χ3v) is 4.00. The topological polar surface area (TPSA) is 38.3 Å². The van der Waals surface area contributed by atoms with Gasteiger partial charge in [-0.05, 0) is 41.8 Å². The second kappa shape index (κ2) is 8.85. The van der Waals surface area contributed by atoms with Crippen LogP contribution in [0.25, 0.3) is 0 Å². The fourth-order valence-corrected chi connectivity index (χ4v) is 2.75. The molecular formula is C20H22F3NO2. The van der Waals surface area contributed by atoms with E-state index >= 15 is 0 Å². The lowest BCUT2D eigenvalue weighted by Gasteiger charge is -2.20. The third kappa shape index (κ3) is 5.33. The van der Waals surface area contributed by atoms with E-state index in [1.807, 2.05) is 13.0 Å². The van der Waals surface area contributed by atoms with Gasteiger partial charge in [-0.2, -0.15) is 13.2 Å². The molecule has 0 saturated heterocycles. The summed E-state index contributed by atoms with van der Waals surface area (Å²) in [5, 5.41) is 2.85. The molecule has 26 heavy (non-hydrogen) atoms. The molecule has 0 bridgehead atoms.